The minimum Gasteiger partial charge on any atom is -0.494 e. The largest absolute Gasteiger partial charge is 0.494 e. The minimum absolute atomic E-state index is 0.00372. The third-order valence-corrected chi connectivity index (χ3v) is 7.80. The first-order valence-electron chi connectivity index (χ1n) is 13.7. The third kappa shape index (κ3) is 7.93. The number of benzene rings is 4. The first-order chi connectivity index (χ1) is 20.1. The van der Waals surface area contributed by atoms with E-state index in [0.717, 1.165) is 17.2 Å². The molecule has 0 amide bonds. The molecular weight excluding hydrogens is 563 g/mol. The lowest BCUT2D eigenvalue weighted by atomic mass is 9.70. The van der Waals surface area contributed by atoms with Crippen LogP contribution in [0.2, 0.25) is 5.02 Å². The number of alkyl halides is 3. The van der Waals surface area contributed by atoms with Crippen molar-refractivity contribution < 1.29 is 27.8 Å². The van der Waals surface area contributed by atoms with Crippen LogP contribution in [0.1, 0.15) is 41.2 Å². The monoisotopic (exact) mass is 595 g/mol. The van der Waals surface area contributed by atoms with Gasteiger partial charge in [0, 0.05) is 18.0 Å². The number of carboxylic acid groups (broad SMARTS) is 1. The Morgan fingerprint density at radius 1 is 0.905 bits per heavy atom. The predicted molar refractivity (Wildman–Crippen MR) is 159 cm³/mol. The van der Waals surface area contributed by atoms with E-state index in [9.17, 15) is 18.0 Å². The van der Waals surface area contributed by atoms with Gasteiger partial charge in [-0.05, 0) is 60.2 Å². The highest BCUT2D eigenvalue weighted by molar-refractivity contribution is 6.32. The number of rotatable bonds is 13. The van der Waals surface area contributed by atoms with Crippen LogP contribution in [0, 0.1) is 0 Å². The Hall–Kier alpha value is -3.81. The van der Waals surface area contributed by atoms with Crippen molar-refractivity contribution in [1.29, 1.82) is 0 Å². The molecule has 220 valence electrons. The lowest BCUT2D eigenvalue weighted by Crippen LogP contribution is -2.44. The fraction of sp³-hybridized carbons (Fsp3) is 0.265. The second kappa shape index (κ2) is 13.9. The minimum atomic E-state index is -4.56. The Kier molecular flexibility index (Phi) is 10.3. The summed E-state index contributed by atoms with van der Waals surface area (Å²) in [4.78, 5) is 11.0. The molecule has 0 aliphatic rings. The zero-order valence-corrected chi connectivity index (χ0v) is 24.0. The van der Waals surface area contributed by atoms with Crippen molar-refractivity contribution in [3.8, 4) is 5.75 Å². The summed E-state index contributed by atoms with van der Waals surface area (Å²) in [5.74, 6) is -0.306. The number of nitrogens with one attached hydrogen (secondary N) is 1. The number of hydrogen-bond donors (Lipinski definition) is 2. The van der Waals surface area contributed by atoms with Crippen LogP contribution in [0.15, 0.2) is 103 Å². The van der Waals surface area contributed by atoms with Gasteiger partial charge in [0.2, 0.25) is 0 Å². The third-order valence-electron chi connectivity index (χ3n) is 7.35. The van der Waals surface area contributed by atoms with E-state index in [2.05, 4.69) is 5.32 Å². The molecule has 0 aliphatic heterocycles. The highest BCUT2D eigenvalue weighted by Gasteiger charge is 2.38. The van der Waals surface area contributed by atoms with Crippen LogP contribution in [0.5, 0.6) is 5.75 Å². The van der Waals surface area contributed by atoms with Crippen molar-refractivity contribution in [2.75, 3.05) is 13.2 Å². The van der Waals surface area contributed by atoms with Crippen molar-refractivity contribution in [3.05, 3.63) is 136 Å². The fourth-order valence-corrected chi connectivity index (χ4v) is 5.44. The Labute approximate surface area is 249 Å². The summed E-state index contributed by atoms with van der Waals surface area (Å²) in [7, 11) is 0. The second-order valence-electron chi connectivity index (χ2n) is 10.4. The zero-order chi connectivity index (χ0) is 30.2. The quantitative estimate of drug-likeness (QED) is 0.165. The van der Waals surface area contributed by atoms with E-state index < -0.39 is 23.1 Å². The van der Waals surface area contributed by atoms with Crippen molar-refractivity contribution in [3.63, 3.8) is 0 Å². The van der Waals surface area contributed by atoms with E-state index >= 15 is 0 Å². The lowest BCUT2D eigenvalue weighted by molar-refractivity contribution is -0.138. The van der Waals surface area contributed by atoms with Crippen LogP contribution in [-0.4, -0.2) is 30.3 Å². The van der Waals surface area contributed by atoms with Crippen molar-refractivity contribution >= 4 is 17.6 Å². The topological polar surface area (TPSA) is 58.6 Å². The van der Waals surface area contributed by atoms with Gasteiger partial charge in [-0.2, -0.15) is 13.2 Å². The second-order valence-corrected chi connectivity index (χ2v) is 10.8. The molecule has 8 heteroatoms. The molecule has 4 rings (SSSR count). The summed E-state index contributed by atoms with van der Waals surface area (Å²) in [5, 5.41) is 12.4. The molecule has 0 unspecified atom stereocenters. The van der Waals surface area contributed by atoms with E-state index in [1.54, 1.807) is 30.3 Å². The van der Waals surface area contributed by atoms with Crippen LogP contribution in [0.3, 0.4) is 0 Å². The highest BCUT2D eigenvalue weighted by Crippen LogP contribution is 2.41. The number of halogens is 4. The summed E-state index contributed by atoms with van der Waals surface area (Å²) in [6, 6.07) is 30.6. The first kappa shape index (κ1) is 31.1. The fourth-order valence-electron chi connectivity index (χ4n) is 5.14. The van der Waals surface area contributed by atoms with Gasteiger partial charge >= 0.3 is 12.1 Å². The normalized spacial score (nSPS) is 12.6. The Balaban J connectivity index is 1.58. The number of carbonyl (C=O) groups is 1. The average molecular weight is 596 g/mol. The van der Waals surface area contributed by atoms with E-state index in [0.29, 0.717) is 36.4 Å². The Bertz CT molecular complexity index is 1420. The summed E-state index contributed by atoms with van der Waals surface area (Å²) in [5.41, 5.74) is 1.42. The van der Waals surface area contributed by atoms with E-state index in [4.69, 9.17) is 21.4 Å². The van der Waals surface area contributed by atoms with Gasteiger partial charge in [0.05, 0.1) is 23.6 Å². The zero-order valence-electron chi connectivity index (χ0n) is 23.2. The molecule has 0 radical (unpaired) electrons. The van der Waals surface area contributed by atoms with Gasteiger partial charge in [0.1, 0.15) is 5.75 Å². The molecule has 4 aromatic rings. The van der Waals surface area contributed by atoms with Gasteiger partial charge < -0.3 is 15.2 Å². The van der Waals surface area contributed by atoms with Crippen molar-refractivity contribution in [1.82, 2.24) is 5.32 Å². The molecular formula is C34H33ClF3NO3. The van der Waals surface area contributed by atoms with Crippen molar-refractivity contribution in [2.45, 2.75) is 43.8 Å². The molecule has 0 bridgehead atoms. The van der Waals surface area contributed by atoms with Gasteiger partial charge in [-0.15, -0.1) is 0 Å². The lowest BCUT2D eigenvalue weighted by Gasteiger charge is -2.37. The standard InChI is InChI=1S/C34H33ClF3NO3/c1-24(18-19-42-29-16-8-10-25(20-29)21-31(40)41)39-23-33(27-12-4-2-5-13-27,28-14-6-3-7-15-28)22-26-11-9-17-30(32(26)35)34(36,37)38/h2-17,20,24,39H,18-19,21-23H2,1H3,(H,40,41)/t24-/m1/s1. The molecule has 4 aromatic carbocycles. The number of carboxylic acids is 1. The SMILES string of the molecule is C[C@H](CCOc1cccc(CC(=O)O)c1)NCC(Cc1cccc(C(F)(F)F)c1Cl)(c1ccccc1)c1ccccc1. The number of aliphatic carboxylic acids is 1. The Morgan fingerprint density at radius 3 is 2.12 bits per heavy atom. The molecule has 0 fully saturated rings. The maximum Gasteiger partial charge on any atom is 0.417 e. The molecule has 42 heavy (non-hydrogen) atoms. The van der Waals surface area contributed by atoms with E-state index in [-0.39, 0.29) is 23.9 Å². The maximum atomic E-state index is 13.7. The van der Waals surface area contributed by atoms with Gasteiger partial charge in [0.15, 0.2) is 0 Å². The van der Waals surface area contributed by atoms with Crippen LogP contribution in [-0.2, 0) is 29.2 Å². The predicted octanol–water partition coefficient (Wildman–Crippen LogP) is 7.96. The first-order valence-corrected chi connectivity index (χ1v) is 14.1. The summed E-state index contributed by atoms with van der Waals surface area (Å²) >= 11 is 6.41. The molecule has 0 heterocycles. The molecule has 0 aromatic heterocycles. The molecule has 4 nitrogen and oxygen atoms in total. The molecule has 0 saturated carbocycles. The summed E-state index contributed by atoms with van der Waals surface area (Å²) < 4.78 is 47.1. The average Bonchev–Trinajstić information content (AvgIpc) is 2.96. The number of ether oxygens (including phenoxy) is 1. The smallest absolute Gasteiger partial charge is 0.417 e. The van der Waals surface area contributed by atoms with E-state index in [1.165, 1.54) is 6.07 Å². The molecule has 0 spiro atoms. The molecule has 0 saturated heterocycles. The maximum absolute atomic E-state index is 13.7. The molecule has 2 N–H and O–H groups in total. The van der Waals surface area contributed by atoms with Gasteiger partial charge in [-0.25, -0.2) is 0 Å². The van der Waals surface area contributed by atoms with Crippen LogP contribution < -0.4 is 10.1 Å². The van der Waals surface area contributed by atoms with Crippen LogP contribution in [0.25, 0.3) is 0 Å². The summed E-state index contributed by atoms with van der Waals surface area (Å²) in [6.07, 6.45) is -3.75. The number of hydrogen-bond acceptors (Lipinski definition) is 3. The molecule has 1 atom stereocenters. The van der Waals surface area contributed by atoms with Crippen molar-refractivity contribution in [2.24, 2.45) is 0 Å². The van der Waals surface area contributed by atoms with E-state index in [1.807, 2.05) is 67.6 Å². The highest BCUT2D eigenvalue weighted by atomic mass is 35.5. The van der Waals surface area contributed by atoms with Crippen LogP contribution >= 0.6 is 11.6 Å². The Morgan fingerprint density at radius 2 is 1.52 bits per heavy atom. The van der Waals surface area contributed by atoms with Crippen LogP contribution in [0.4, 0.5) is 13.2 Å². The van der Waals surface area contributed by atoms with Gasteiger partial charge in [-0.1, -0.05) is 96.5 Å². The van der Waals surface area contributed by atoms with Gasteiger partial charge in [0.25, 0.3) is 0 Å². The van der Waals surface area contributed by atoms with Gasteiger partial charge in [-0.3, -0.25) is 4.79 Å². The molecule has 0 aliphatic carbocycles. The summed E-state index contributed by atoms with van der Waals surface area (Å²) in [6.45, 7) is 2.86.